The molecule has 2 amide bonds. The van der Waals surface area contributed by atoms with Gasteiger partial charge in [0, 0.05) is 19.0 Å². The number of primary amides is 1. The summed E-state index contributed by atoms with van der Waals surface area (Å²) < 4.78 is 0. The average molecular weight is 241 g/mol. The van der Waals surface area contributed by atoms with E-state index in [2.05, 4.69) is 0 Å². The number of likely N-dealkylation sites (tertiary alicyclic amines) is 1. The summed E-state index contributed by atoms with van der Waals surface area (Å²) in [5, 5.41) is 0. The zero-order valence-electron chi connectivity index (χ0n) is 10.7. The predicted molar refractivity (Wildman–Crippen MR) is 66.0 cm³/mol. The quantitative estimate of drug-likeness (QED) is 0.738. The molecule has 4 N–H and O–H groups in total. The van der Waals surface area contributed by atoms with Gasteiger partial charge in [-0.15, -0.1) is 0 Å². The van der Waals surface area contributed by atoms with Gasteiger partial charge in [-0.1, -0.05) is 13.8 Å². The second-order valence-corrected chi connectivity index (χ2v) is 4.83. The fourth-order valence-corrected chi connectivity index (χ4v) is 2.23. The van der Waals surface area contributed by atoms with E-state index < -0.39 is 5.54 Å². The van der Waals surface area contributed by atoms with Gasteiger partial charge in [0.15, 0.2) is 0 Å². The highest BCUT2D eigenvalue weighted by Crippen LogP contribution is 2.21. The Bertz CT molecular complexity index is 292. The smallest absolute Gasteiger partial charge is 0.242 e. The average Bonchev–Trinajstić information content (AvgIpc) is 2.37. The summed E-state index contributed by atoms with van der Waals surface area (Å²) >= 11 is 0. The Morgan fingerprint density at radius 2 is 1.71 bits per heavy atom. The molecule has 1 aliphatic heterocycles. The van der Waals surface area contributed by atoms with Gasteiger partial charge < -0.3 is 16.4 Å². The summed E-state index contributed by atoms with van der Waals surface area (Å²) in [6.45, 7) is 5.03. The van der Waals surface area contributed by atoms with Crippen molar-refractivity contribution in [2.45, 2.75) is 45.1 Å². The number of rotatable bonds is 4. The number of hydrogen-bond acceptors (Lipinski definition) is 3. The molecule has 0 aliphatic carbocycles. The molecule has 5 nitrogen and oxygen atoms in total. The van der Waals surface area contributed by atoms with Gasteiger partial charge in [-0.05, 0) is 25.7 Å². The van der Waals surface area contributed by atoms with Gasteiger partial charge in [0.1, 0.15) is 0 Å². The van der Waals surface area contributed by atoms with Crippen LogP contribution in [0, 0.1) is 5.92 Å². The molecule has 0 unspecified atom stereocenters. The highest BCUT2D eigenvalue weighted by Gasteiger charge is 2.36. The molecule has 0 aromatic carbocycles. The first kappa shape index (κ1) is 14.0. The molecule has 0 bridgehead atoms. The molecule has 1 saturated heterocycles. The van der Waals surface area contributed by atoms with E-state index in [0.29, 0.717) is 38.8 Å². The van der Waals surface area contributed by atoms with Crippen LogP contribution in [0.5, 0.6) is 0 Å². The topological polar surface area (TPSA) is 89.4 Å². The molecule has 0 atom stereocenters. The lowest BCUT2D eigenvalue weighted by Crippen LogP contribution is -2.56. The molecule has 1 rings (SSSR count). The Morgan fingerprint density at radius 1 is 1.24 bits per heavy atom. The second-order valence-electron chi connectivity index (χ2n) is 4.83. The van der Waals surface area contributed by atoms with Crippen molar-refractivity contribution < 1.29 is 9.59 Å². The molecule has 1 heterocycles. The summed E-state index contributed by atoms with van der Waals surface area (Å²) in [6, 6.07) is 0. The summed E-state index contributed by atoms with van der Waals surface area (Å²) in [6.07, 6.45) is 2.59. The first-order chi connectivity index (χ1) is 7.94. The molecule has 0 saturated carbocycles. The minimum Gasteiger partial charge on any atom is -0.369 e. The molecule has 1 aliphatic rings. The minimum absolute atomic E-state index is 0.00502. The zero-order chi connectivity index (χ0) is 13.1. The summed E-state index contributed by atoms with van der Waals surface area (Å²) in [7, 11) is 0. The Hall–Kier alpha value is -1.10. The molecule has 98 valence electrons. The molecule has 0 radical (unpaired) electrons. The molecule has 5 heteroatoms. The van der Waals surface area contributed by atoms with E-state index >= 15 is 0 Å². The van der Waals surface area contributed by atoms with Gasteiger partial charge in [-0.2, -0.15) is 0 Å². The molecule has 0 aromatic rings. The van der Waals surface area contributed by atoms with Crippen molar-refractivity contribution in [3.05, 3.63) is 0 Å². The van der Waals surface area contributed by atoms with Crippen molar-refractivity contribution in [2.24, 2.45) is 17.4 Å². The SMILES string of the molecule is CCC(N)(CC)C(=O)N1CCC(C(N)=O)CC1. The Morgan fingerprint density at radius 3 is 2.06 bits per heavy atom. The maximum absolute atomic E-state index is 12.2. The number of piperidine rings is 1. The van der Waals surface area contributed by atoms with Crippen LogP contribution in [0.4, 0.5) is 0 Å². The first-order valence-corrected chi connectivity index (χ1v) is 6.32. The van der Waals surface area contributed by atoms with E-state index in [9.17, 15) is 9.59 Å². The van der Waals surface area contributed by atoms with Crippen molar-refractivity contribution in [3.63, 3.8) is 0 Å². The Kier molecular flexibility index (Phi) is 4.51. The van der Waals surface area contributed by atoms with E-state index in [4.69, 9.17) is 11.5 Å². The normalized spacial score (nSPS) is 18.2. The predicted octanol–water partition coefficient (Wildman–Crippen LogP) is 0.228. The number of nitrogens with zero attached hydrogens (tertiary/aromatic N) is 1. The highest BCUT2D eigenvalue weighted by molar-refractivity contribution is 5.86. The lowest BCUT2D eigenvalue weighted by atomic mass is 9.90. The van der Waals surface area contributed by atoms with E-state index in [0.717, 1.165) is 0 Å². The third-order valence-electron chi connectivity index (χ3n) is 3.87. The van der Waals surface area contributed by atoms with E-state index in [1.54, 1.807) is 4.90 Å². The molecule has 17 heavy (non-hydrogen) atoms. The molecule has 0 aromatic heterocycles. The van der Waals surface area contributed by atoms with E-state index in [1.165, 1.54) is 0 Å². The van der Waals surface area contributed by atoms with Crippen LogP contribution in [-0.4, -0.2) is 35.3 Å². The van der Waals surface area contributed by atoms with Crippen LogP contribution in [0.1, 0.15) is 39.5 Å². The van der Waals surface area contributed by atoms with Gasteiger partial charge in [0.25, 0.3) is 0 Å². The maximum atomic E-state index is 12.2. The summed E-state index contributed by atoms with van der Waals surface area (Å²) in [5.74, 6) is -0.345. The monoisotopic (exact) mass is 241 g/mol. The zero-order valence-corrected chi connectivity index (χ0v) is 10.7. The molecular formula is C12H23N3O2. The van der Waals surface area contributed by atoms with E-state index in [-0.39, 0.29) is 17.7 Å². The van der Waals surface area contributed by atoms with Crippen LogP contribution in [0.15, 0.2) is 0 Å². The van der Waals surface area contributed by atoms with Gasteiger partial charge >= 0.3 is 0 Å². The van der Waals surface area contributed by atoms with Crippen molar-refractivity contribution in [1.29, 1.82) is 0 Å². The molecular weight excluding hydrogens is 218 g/mol. The fourth-order valence-electron chi connectivity index (χ4n) is 2.23. The number of carbonyl (C=O) groups excluding carboxylic acids is 2. The molecule has 0 spiro atoms. The largest absolute Gasteiger partial charge is 0.369 e. The van der Waals surface area contributed by atoms with Crippen LogP contribution >= 0.6 is 0 Å². The standard InChI is InChI=1S/C12H23N3O2/c1-3-12(14,4-2)11(17)15-7-5-9(6-8-15)10(13)16/h9H,3-8,14H2,1-2H3,(H2,13,16). The van der Waals surface area contributed by atoms with Crippen molar-refractivity contribution in [1.82, 2.24) is 4.90 Å². The van der Waals surface area contributed by atoms with Crippen LogP contribution in [0.25, 0.3) is 0 Å². The number of nitrogens with two attached hydrogens (primary N) is 2. The Labute approximate surface area is 103 Å². The van der Waals surface area contributed by atoms with Crippen LogP contribution in [0.2, 0.25) is 0 Å². The number of carbonyl (C=O) groups is 2. The van der Waals surface area contributed by atoms with Gasteiger partial charge in [-0.3, -0.25) is 9.59 Å². The van der Waals surface area contributed by atoms with Gasteiger partial charge in [-0.25, -0.2) is 0 Å². The van der Waals surface area contributed by atoms with Crippen LogP contribution < -0.4 is 11.5 Å². The van der Waals surface area contributed by atoms with Crippen molar-refractivity contribution in [3.8, 4) is 0 Å². The van der Waals surface area contributed by atoms with Crippen LogP contribution in [0.3, 0.4) is 0 Å². The third-order valence-corrected chi connectivity index (χ3v) is 3.87. The lowest BCUT2D eigenvalue weighted by molar-refractivity contribution is -0.140. The van der Waals surface area contributed by atoms with Gasteiger partial charge in [0.2, 0.25) is 11.8 Å². The van der Waals surface area contributed by atoms with E-state index in [1.807, 2.05) is 13.8 Å². The molecule has 1 fully saturated rings. The number of hydrogen-bond donors (Lipinski definition) is 2. The Balaban J connectivity index is 2.60. The highest BCUT2D eigenvalue weighted by atomic mass is 16.2. The first-order valence-electron chi connectivity index (χ1n) is 6.32. The van der Waals surface area contributed by atoms with Crippen molar-refractivity contribution >= 4 is 11.8 Å². The lowest BCUT2D eigenvalue weighted by Gasteiger charge is -2.37. The number of amides is 2. The third kappa shape index (κ3) is 2.97. The summed E-state index contributed by atoms with van der Waals surface area (Å²) in [5.41, 5.74) is 10.6. The second kappa shape index (κ2) is 5.49. The van der Waals surface area contributed by atoms with Gasteiger partial charge in [0.05, 0.1) is 5.54 Å². The minimum atomic E-state index is -0.750. The van der Waals surface area contributed by atoms with Crippen molar-refractivity contribution in [2.75, 3.05) is 13.1 Å². The summed E-state index contributed by atoms with van der Waals surface area (Å²) in [4.78, 5) is 25.0. The fraction of sp³-hybridized carbons (Fsp3) is 0.833. The van der Waals surface area contributed by atoms with Crippen LogP contribution in [-0.2, 0) is 9.59 Å². The maximum Gasteiger partial charge on any atom is 0.242 e.